The molecule has 0 fully saturated rings. The van der Waals surface area contributed by atoms with Crippen LogP contribution in [0.4, 0.5) is 26.3 Å². The van der Waals surface area contributed by atoms with Gasteiger partial charge in [-0.25, -0.2) is 26.4 Å². The first-order valence-electron chi connectivity index (χ1n) is 4.38. The number of aryl methyl sites for hydroxylation is 1. The van der Waals surface area contributed by atoms with Crippen molar-refractivity contribution < 1.29 is 52.3 Å². The first kappa shape index (κ1) is 19.7. The highest BCUT2D eigenvalue weighted by Crippen LogP contribution is 2.27. The Balaban J connectivity index is 0.000000433. The molecule has 0 aliphatic rings. The second-order valence-electron chi connectivity index (χ2n) is 3.23. The number of rotatable bonds is 1. The van der Waals surface area contributed by atoms with E-state index in [0.717, 1.165) is 10.8 Å². The van der Waals surface area contributed by atoms with Gasteiger partial charge in [0.2, 0.25) is 0 Å². The first-order chi connectivity index (χ1) is 9.02. The normalized spacial score (nSPS) is 13.5. The number of aromatic nitrogens is 2. The van der Waals surface area contributed by atoms with Gasteiger partial charge in [0.25, 0.3) is 0 Å². The Morgan fingerprint density at radius 1 is 1.05 bits per heavy atom. The zero-order valence-electron chi connectivity index (χ0n) is 9.73. The molecule has 0 aromatic carbocycles. The lowest BCUT2D eigenvalue weighted by atomic mass is 10.9. The Morgan fingerprint density at radius 2 is 1.43 bits per heavy atom. The van der Waals surface area contributed by atoms with Crippen LogP contribution < -0.4 is 4.57 Å². The van der Waals surface area contributed by atoms with E-state index in [4.69, 9.17) is 13.0 Å². The van der Waals surface area contributed by atoms with Crippen LogP contribution in [0.5, 0.6) is 0 Å². The maximum atomic E-state index is 12.0. The van der Waals surface area contributed by atoms with Gasteiger partial charge in [0.05, 0.1) is 7.05 Å². The van der Waals surface area contributed by atoms with Crippen molar-refractivity contribution in [1.82, 2.24) is 4.98 Å². The fourth-order valence-corrected chi connectivity index (χ4v) is 1.65. The Labute approximate surface area is 113 Å². The van der Waals surface area contributed by atoms with E-state index in [1.54, 1.807) is 0 Å². The van der Waals surface area contributed by atoms with Gasteiger partial charge < -0.3 is 4.55 Å². The van der Waals surface area contributed by atoms with Gasteiger partial charge >= 0.3 is 26.0 Å². The molecular weight excluding hydrogens is 358 g/mol. The smallest absolute Gasteiger partial charge is 0.509 e. The van der Waals surface area contributed by atoms with Crippen molar-refractivity contribution >= 4 is 20.0 Å². The number of aromatic amines is 1. The van der Waals surface area contributed by atoms with Crippen molar-refractivity contribution in [2.24, 2.45) is 7.05 Å². The van der Waals surface area contributed by atoms with Crippen LogP contribution >= 0.6 is 0 Å². The van der Waals surface area contributed by atoms with Gasteiger partial charge in [-0.3, -0.25) is 0 Å². The third-order valence-corrected chi connectivity index (χ3v) is 3.76. The van der Waals surface area contributed by atoms with E-state index in [9.17, 15) is 34.8 Å². The number of hydrogen-bond donors (Lipinski definition) is 1. The number of alkyl halides is 6. The van der Waals surface area contributed by atoms with Crippen LogP contribution in [0.25, 0.3) is 0 Å². The van der Waals surface area contributed by atoms with Crippen molar-refractivity contribution in [2.75, 3.05) is 0 Å². The minimum atomic E-state index is -6.09. The lowest BCUT2D eigenvalue weighted by molar-refractivity contribution is -0.709. The topological polar surface area (TPSA) is 111 Å². The molecule has 0 radical (unpaired) electrons. The molecule has 0 unspecified atom stereocenters. The van der Waals surface area contributed by atoms with E-state index in [-0.39, 0.29) is 0 Å². The van der Waals surface area contributed by atoms with Crippen LogP contribution in [-0.4, -0.2) is 37.4 Å². The number of halogens is 6. The van der Waals surface area contributed by atoms with Crippen LogP contribution in [0.1, 0.15) is 0 Å². The van der Waals surface area contributed by atoms with Gasteiger partial charge in [-0.15, -0.1) is 0 Å². The number of hydrogen-bond acceptors (Lipinski definition) is 5. The van der Waals surface area contributed by atoms with E-state index < -0.39 is 36.1 Å². The predicted octanol–water partition coefficient (Wildman–Crippen LogP) is 0.184. The molecule has 0 aliphatic heterocycles. The van der Waals surface area contributed by atoms with Gasteiger partial charge in [-0.2, -0.15) is 26.3 Å². The first-order valence-corrected chi connectivity index (χ1v) is 7.27. The quantitative estimate of drug-likeness (QED) is 0.331. The van der Waals surface area contributed by atoms with Crippen LogP contribution in [0.3, 0.4) is 0 Å². The summed E-state index contributed by atoms with van der Waals surface area (Å²) < 4.78 is 117. The zero-order chi connectivity index (χ0) is 17.3. The second kappa shape index (κ2) is 5.80. The van der Waals surface area contributed by atoms with Gasteiger partial charge in [0.15, 0.2) is 10.1 Å². The molecule has 0 bridgehead atoms. The zero-order valence-corrected chi connectivity index (χ0v) is 11.4. The molecule has 1 N–H and O–H groups in total. The van der Waals surface area contributed by atoms with Crippen molar-refractivity contribution in [3.63, 3.8) is 0 Å². The molecule has 7 nitrogen and oxygen atoms in total. The third kappa shape index (κ3) is 4.85. The molecule has 1 heterocycles. The van der Waals surface area contributed by atoms with Gasteiger partial charge in [-0.05, 0) is 0 Å². The molecule has 0 saturated carbocycles. The molecule has 0 aliphatic carbocycles. The SMILES string of the molecule is C[n+]1cc[nH]c1S(=O)(=O)C(F)(F)F.O=S(=O)([O-])C(F)(F)F. The lowest BCUT2D eigenvalue weighted by Gasteiger charge is -2.08. The summed E-state index contributed by atoms with van der Waals surface area (Å²) in [7, 11) is -10.1. The van der Waals surface area contributed by atoms with Crippen LogP contribution in [0.2, 0.25) is 0 Å². The minimum Gasteiger partial charge on any atom is -0.741 e. The molecule has 124 valence electrons. The van der Waals surface area contributed by atoms with Crippen LogP contribution in [-0.2, 0) is 27.0 Å². The van der Waals surface area contributed by atoms with Crippen molar-refractivity contribution in [1.29, 1.82) is 0 Å². The molecule has 0 spiro atoms. The standard InChI is InChI=1S/C5H5F3N2O2S.CHF3O3S/c1-10-3-2-9-4(10)13(11,12)5(6,7)8;2-1(3,4)8(5,6)7/h2-3H,1H3;(H,5,6,7). The monoisotopic (exact) mass is 364 g/mol. The predicted molar refractivity (Wildman–Crippen MR) is 51.0 cm³/mol. The van der Waals surface area contributed by atoms with E-state index >= 15 is 0 Å². The molecule has 15 heteroatoms. The molecular formula is C6H6F6N2O5S2. The lowest BCUT2D eigenvalue weighted by Crippen LogP contribution is -2.38. The Hall–Kier alpha value is -1.35. The Kier molecular flexibility index (Phi) is 5.43. The molecule has 0 saturated heterocycles. The summed E-state index contributed by atoms with van der Waals surface area (Å²) in [6.45, 7) is 0. The summed E-state index contributed by atoms with van der Waals surface area (Å²) in [6.07, 6.45) is 2.29. The summed E-state index contributed by atoms with van der Waals surface area (Å²) in [4.78, 5) is 2.01. The summed E-state index contributed by atoms with van der Waals surface area (Å²) >= 11 is 0. The van der Waals surface area contributed by atoms with E-state index in [1.807, 2.05) is 4.98 Å². The van der Waals surface area contributed by atoms with Gasteiger partial charge in [-0.1, -0.05) is 0 Å². The molecule has 1 aromatic heterocycles. The van der Waals surface area contributed by atoms with E-state index in [0.29, 0.717) is 0 Å². The number of nitrogens with zero attached hydrogens (tertiary/aromatic N) is 1. The molecule has 0 atom stereocenters. The minimum absolute atomic E-state index is 0.850. The van der Waals surface area contributed by atoms with Crippen LogP contribution in [0, 0.1) is 0 Å². The Morgan fingerprint density at radius 3 is 1.62 bits per heavy atom. The van der Waals surface area contributed by atoms with Crippen molar-refractivity contribution in [3.05, 3.63) is 12.4 Å². The van der Waals surface area contributed by atoms with E-state index in [1.165, 1.54) is 13.2 Å². The molecule has 21 heavy (non-hydrogen) atoms. The maximum absolute atomic E-state index is 12.0. The number of sulfone groups is 1. The summed E-state index contributed by atoms with van der Waals surface area (Å²) in [5.74, 6) is 0. The van der Waals surface area contributed by atoms with Crippen molar-refractivity contribution in [2.45, 2.75) is 16.2 Å². The number of imidazole rings is 1. The molecule has 1 rings (SSSR count). The number of H-pyrrole nitrogens is 1. The third-order valence-electron chi connectivity index (χ3n) is 1.67. The highest BCUT2D eigenvalue weighted by Gasteiger charge is 2.52. The van der Waals surface area contributed by atoms with Crippen molar-refractivity contribution in [3.8, 4) is 0 Å². The highest BCUT2D eigenvalue weighted by atomic mass is 32.2. The average molecular weight is 364 g/mol. The summed E-state index contributed by atoms with van der Waals surface area (Å²) in [5, 5.41) is -0.875. The largest absolute Gasteiger partial charge is 0.741 e. The summed E-state index contributed by atoms with van der Waals surface area (Å²) in [6, 6.07) is 0. The fourth-order valence-electron chi connectivity index (χ4n) is 0.767. The fraction of sp³-hybridized carbons (Fsp3) is 0.500. The molecule has 1 aromatic rings. The average Bonchev–Trinajstić information content (AvgIpc) is 2.60. The van der Waals surface area contributed by atoms with Gasteiger partial charge in [0.1, 0.15) is 12.4 Å². The maximum Gasteiger partial charge on any atom is 0.509 e. The summed E-state index contributed by atoms with van der Waals surface area (Å²) in [5.41, 5.74) is -10.9. The second-order valence-corrected chi connectivity index (χ2v) is 6.45. The molecule has 0 amide bonds. The van der Waals surface area contributed by atoms with E-state index in [2.05, 4.69) is 0 Å². The Bertz CT molecular complexity index is 686. The van der Waals surface area contributed by atoms with Crippen LogP contribution in [0.15, 0.2) is 17.6 Å². The number of nitrogens with one attached hydrogen (secondary N) is 1. The highest BCUT2D eigenvalue weighted by molar-refractivity contribution is 7.92. The van der Waals surface area contributed by atoms with Gasteiger partial charge in [0, 0.05) is 0 Å².